The number of anilines is 1. The Labute approximate surface area is 106 Å². The summed E-state index contributed by atoms with van der Waals surface area (Å²) in [5, 5.41) is 4.39. The third-order valence-corrected chi connectivity index (χ3v) is 2.72. The predicted octanol–water partition coefficient (Wildman–Crippen LogP) is 2.98. The number of hydrogen-bond donors (Lipinski definition) is 1. The topological polar surface area (TPSA) is 24.5 Å². The van der Waals surface area contributed by atoms with Crippen LogP contribution in [0.4, 0.5) is 5.69 Å². The van der Waals surface area contributed by atoms with Crippen LogP contribution >= 0.6 is 23.2 Å². The summed E-state index contributed by atoms with van der Waals surface area (Å²) >= 11 is 12.1. The summed E-state index contributed by atoms with van der Waals surface area (Å²) in [6, 6.07) is 3.49. The van der Waals surface area contributed by atoms with Crippen LogP contribution in [-0.4, -0.2) is 39.2 Å². The fourth-order valence-electron chi connectivity index (χ4n) is 1.23. The molecule has 0 aliphatic heterocycles. The molecule has 0 saturated carbocycles. The van der Waals surface area contributed by atoms with E-state index in [1.54, 1.807) is 19.2 Å². The van der Waals surface area contributed by atoms with Gasteiger partial charge in [0, 0.05) is 19.2 Å². The highest BCUT2D eigenvalue weighted by Gasteiger charge is 2.07. The van der Waals surface area contributed by atoms with Crippen LogP contribution in [-0.2, 0) is 0 Å². The van der Waals surface area contributed by atoms with Crippen LogP contribution in [0.1, 0.15) is 0 Å². The molecule has 1 aromatic rings. The van der Waals surface area contributed by atoms with Gasteiger partial charge in [0.2, 0.25) is 0 Å². The van der Waals surface area contributed by atoms with Crippen molar-refractivity contribution in [3.8, 4) is 5.75 Å². The molecule has 90 valence electrons. The van der Waals surface area contributed by atoms with E-state index in [0.717, 1.165) is 18.8 Å². The van der Waals surface area contributed by atoms with Crippen molar-refractivity contribution in [2.75, 3.05) is 39.6 Å². The molecule has 0 spiro atoms. The van der Waals surface area contributed by atoms with E-state index < -0.39 is 0 Å². The minimum Gasteiger partial charge on any atom is -0.495 e. The first-order chi connectivity index (χ1) is 7.54. The van der Waals surface area contributed by atoms with Gasteiger partial charge in [0.1, 0.15) is 5.75 Å². The molecule has 0 bridgehead atoms. The number of halogens is 2. The Balaban J connectivity index is 2.70. The third-order valence-electron chi connectivity index (χ3n) is 2.12. The zero-order chi connectivity index (χ0) is 12.1. The van der Waals surface area contributed by atoms with E-state index in [1.807, 2.05) is 14.1 Å². The van der Waals surface area contributed by atoms with Gasteiger partial charge < -0.3 is 15.0 Å². The number of hydrogen-bond acceptors (Lipinski definition) is 3. The zero-order valence-corrected chi connectivity index (χ0v) is 11.2. The normalized spacial score (nSPS) is 10.6. The highest BCUT2D eigenvalue weighted by atomic mass is 35.5. The molecular formula is C11H16Cl2N2O. The largest absolute Gasteiger partial charge is 0.495 e. The number of rotatable bonds is 5. The molecule has 5 heteroatoms. The first-order valence-corrected chi connectivity index (χ1v) is 5.72. The lowest BCUT2D eigenvalue weighted by atomic mass is 10.3. The lowest BCUT2D eigenvalue weighted by molar-refractivity contribution is 0.415. The zero-order valence-electron chi connectivity index (χ0n) is 9.68. The van der Waals surface area contributed by atoms with Gasteiger partial charge in [-0.3, -0.25) is 0 Å². The Morgan fingerprint density at radius 1 is 1.25 bits per heavy atom. The molecule has 0 unspecified atom stereocenters. The number of ether oxygens (including phenoxy) is 1. The molecule has 3 nitrogen and oxygen atoms in total. The number of nitrogens with one attached hydrogen (secondary N) is 1. The van der Waals surface area contributed by atoms with Gasteiger partial charge in [-0.25, -0.2) is 0 Å². The van der Waals surface area contributed by atoms with Crippen molar-refractivity contribution in [1.29, 1.82) is 0 Å². The fourth-order valence-corrected chi connectivity index (χ4v) is 1.70. The van der Waals surface area contributed by atoms with Crippen LogP contribution in [0.25, 0.3) is 0 Å². The number of methoxy groups -OCH3 is 1. The van der Waals surface area contributed by atoms with E-state index in [1.165, 1.54) is 0 Å². The SMILES string of the molecule is COc1cc(Cl)c(NCCN(C)C)cc1Cl. The predicted molar refractivity (Wildman–Crippen MR) is 70.1 cm³/mol. The molecule has 1 aromatic carbocycles. The summed E-state index contributed by atoms with van der Waals surface area (Å²) in [5.74, 6) is 0.588. The van der Waals surface area contributed by atoms with Gasteiger partial charge in [-0.05, 0) is 20.2 Å². The maximum Gasteiger partial charge on any atom is 0.139 e. The van der Waals surface area contributed by atoms with Crippen LogP contribution in [0, 0.1) is 0 Å². The lowest BCUT2D eigenvalue weighted by Crippen LogP contribution is -2.20. The van der Waals surface area contributed by atoms with E-state index >= 15 is 0 Å². The van der Waals surface area contributed by atoms with Crippen LogP contribution in [0.15, 0.2) is 12.1 Å². The van der Waals surface area contributed by atoms with E-state index in [4.69, 9.17) is 27.9 Å². The summed E-state index contributed by atoms with van der Waals surface area (Å²) in [5.41, 5.74) is 0.828. The summed E-state index contributed by atoms with van der Waals surface area (Å²) in [7, 11) is 5.60. The maximum atomic E-state index is 6.08. The Morgan fingerprint density at radius 2 is 1.94 bits per heavy atom. The van der Waals surface area contributed by atoms with Crippen molar-refractivity contribution in [2.45, 2.75) is 0 Å². The Morgan fingerprint density at radius 3 is 2.50 bits per heavy atom. The fraction of sp³-hybridized carbons (Fsp3) is 0.455. The van der Waals surface area contributed by atoms with Crippen molar-refractivity contribution >= 4 is 28.9 Å². The first-order valence-electron chi connectivity index (χ1n) is 4.96. The summed E-state index contributed by atoms with van der Waals surface area (Å²) in [6.07, 6.45) is 0. The molecule has 0 aliphatic carbocycles. The molecule has 0 radical (unpaired) electrons. The molecule has 1 N–H and O–H groups in total. The van der Waals surface area contributed by atoms with Crippen LogP contribution in [0.3, 0.4) is 0 Å². The van der Waals surface area contributed by atoms with Gasteiger partial charge in [0.25, 0.3) is 0 Å². The number of likely N-dealkylation sites (N-methyl/N-ethyl adjacent to an activating group) is 1. The summed E-state index contributed by atoms with van der Waals surface area (Å²) < 4.78 is 5.07. The molecule has 0 aromatic heterocycles. The van der Waals surface area contributed by atoms with Crippen molar-refractivity contribution in [3.05, 3.63) is 22.2 Å². The molecule has 0 amide bonds. The van der Waals surface area contributed by atoms with Gasteiger partial charge in [-0.15, -0.1) is 0 Å². The van der Waals surface area contributed by atoms with Crippen LogP contribution in [0.5, 0.6) is 5.75 Å². The van der Waals surface area contributed by atoms with Crippen molar-refractivity contribution < 1.29 is 4.74 Å². The second kappa shape index (κ2) is 6.18. The highest BCUT2D eigenvalue weighted by Crippen LogP contribution is 2.33. The van der Waals surface area contributed by atoms with E-state index in [2.05, 4.69) is 10.2 Å². The molecule has 1 rings (SSSR count). The van der Waals surface area contributed by atoms with Gasteiger partial charge >= 0.3 is 0 Å². The quantitative estimate of drug-likeness (QED) is 0.883. The van der Waals surface area contributed by atoms with Crippen LogP contribution in [0.2, 0.25) is 10.0 Å². The molecule has 0 fully saturated rings. The second-order valence-electron chi connectivity index (χ2n) is 3.70. The number of benzene rings is 1. The maximum absolute atomic E-state index is 6.08. The van der Waals surface area contributed by atoms with Crippen molar-refractivity contribution in [3.63, 3.8) is 0 Å². The van der Waals surface area contributed by atoms with Gasteiger partial charge in [0.15, 0.2) is 0 Å². The van der Waals surface area contributed by atoms with Crippen molar-refractivity contribution in [2.24, 2.45) is 0 Å². The van der Waals surface area contributed by atoms with Gasteiger partial charge in [-0.1, -0.05) is 23.2 Å². The smallest absolute Gasteiger partial charge is 0.139 e. The van der Waals surface area contributed by atoms with E-state index in [-0.39, 0.29) is 0 Å². The molecular weight excluding hydrogens is 247 g/mol. The average Bonchev–Trinajstić information content (AvgIpc) is 2.22. The minimum absolute atomic E-state index is 0.555. The monoisotopic (exact) mass is 262 g/mol. The number of nitrogens with zero attached hydrogens (tertiary/aromatic N) is 1. The molecule has 0 atom stereocenters. The van der Waals surface area contributed by atoms with Gasteiger partial charge in [-0.2, -0.15) is 0 Å². The Bertz CT molecular complexity index is 356. The Kier molecular flexibility index (Phi) is 5.19. The third kappa shape index (κ3) is 3.74. The minimum atomic E-state index is 0.555. The summed E-state index contributed by atoms with van der Waals surface area (Å²) in [4.78, 5) is 2.09. The molecule has 0 heterocycles. The van der Waals surface area contributed by atoms with Crippen LogP contribution < -0.4 is 10.1 Å². The Hall–Kier alpha value is -0.640. The van der Waals surface area contributed by atoms with Crippen molar-refractivity contribution in [1.82, 2.24) is 4.90 Å². The standard InChI is InChI=1S/C11H16Cl2N2O/c1-15(2)5-4-14-10-6-9(13)11(16-3)7-8(10)12/h6-7,14H,4-5H2,1-3H3. The lowest BCUT2D eigenvalue weighted by Gasteiger charge is -2.13. The first kappa shape index (κ1) is 13.4. The summed E-state index contributed by atoms with van der Waals surface area (Å²) in [6.45, 7) is 1.75. The van der Waals surface area contributed by atoms with Gasteiger partial charge in [0.05, 0.1) is 22.8 Å². The average molecular weight is 263 g/mol. The van der Waals surface area contributed by atoms with E-state index in [0.29, 0.717) is 15.8 Å². The van der Waals surface area contributed by atoms with E-state index in [9.17, 15) is 0 Å². The highest BCUT2D eigenvalue weighted by molar-refractivity contribution is 6.36. The molecule has 0 saturated heterocycles. The molecule has 0 aliphatic rings. The second-order valence-corrected chi connectivity index (χ2v) is 4.51. The molecule has 16 heavy (non-hydrogen) atoms.